The topological polar surface area (TPSA) is 58.6 Å². The van der Waals surface area contributed by atoms with E-state index in [-0.39, 0.29) is 5.41 Å². The van der Waals surface area contributed by atoms with Crippen LogP contribution in [0.1, 0.15) is 36.2 Å². The predicted octanol–water partition coefficient (Wildman–Crippen LogP) is 9.70. The first kappa shape index (κ1) is 25.5. The van der Waals surface area contributed by atoms with Crippen molar-refractivity contribution in [1.82, 2.24) is 4.98 Å². The number of para-hydroxylation sites is 4. The van der Waals surface area contributed by atoms with Crippen LogP contribution in [-0.4, -0.2) is 15.8 Å². The van der Waals surface area contributed by atoms with E-state index in [1.165, 1.54) is 5.56 Å². The van der Waals surface area contributed by atoms with Crippen LogP contribution in [-0.2, 0) is 18.3 Å². The van der Waals surface area contributed by atoms with E-state index in [0.717, 1.165) is 72.2 Å². The number of rotatable bonds is 5. The Morgan fingerprint density at radius 1 is 0.698 bits per heavy atom. The van der Waals surface area contributed by atoms with Crippen molar-refractivity contribution in [2.24, 2.45) is 4.99 Å². The minimum absolute atomic E-state index is 0.295. The monoisotopic (exact) mass is 558 g/mol. The smallest absolute Gasteiger partial charge is 0.144 e. The molecule has 7 aromatic rings. The summed E-state index contributed by atoms with van der Waals surface area (Å²) in [6.07, 6.45) is 1.33. The summed E-state index contributed by atoms with van der Waals surface area (Å²) in [7, 11) is 0. The number of pyridine rings is 1. The van der Waals surface area contributed by atoms with Crippen LogP contribution in [0, 0.1) is 0 Å². The molecule has 0 unspecified atom stereocenters. The molecule has 0 bridgehead atoms. The predicted molar refractivity (Wildman–Crippen MR) is 176 cm³/mol. The average Bonchev–Trinajstić information content (AvgIpc) is 3.54. The summed E-state index contributed by atoms with van der Waals surface area (Å²) < 4.78 is 6.35. The summed E-state index contributed by atoms with van der Waals surface area (Å²) in [6.45, 7) is 4.35. The second kappa shape index (κ2) is 9.67. The minimum Gasteiger partial charge on any atom is -0.507 e. The summed E-state index contributed by atoms with van der Waals surface area (Å²) >= 11 is 0. The number of aryl methyl sites for hydroxylation is 2. The Labute approximate surface area is 250 Å². The molecule has 0 radical (unpaired) electrons. The SMILES string of the molecule is CC1(C)C(c2cccc(CCc3nc(-c4cccc5c4oc4ccccc45)cc4ccccc34)c2O)=Nc2ccccc21. The van der Waals surface area contributed by atoms with Gasteiger partial charge in [0.1, 0.15) is 16.9 Å². The van der Waals surface area contributed by atoms with Crippen LogP contribution in [0.25, 0.3) is 44.0 Å². The van der Waals surface area contributed by atoms with E-state index >= 15 is 0 Å². The van der Waals surface area contributed by atoms with Crippen molar-refractivity contribution < 1.29 is 9.52 Å². The highest BCUT2D eigenvalue weighted by molar-refractivity contribution is 6.14. The van der Waals surface area contributed by atoms with Gasteiger partial charge in [0.25, 0.3) is 0 Å². The van der Waals surface area contributed by atoms with Crippen molar-refractivity contribution in [1.29, 1.82) is 0 Å². The summed E-state index contributed by atoms with van der Waals surface area (Å²) in [6, 6.07) is 39.2. The van der Waals surface area contributed by atoms with Gasteiger partial charge in [-0.2, -0.15) is 0 Å². The number of hydrogen-bond donors (Lipinski definition) is 1. The van der Waals surface area contributed by atoms with Gasteiger partial charge in [-0.25, -0.2) is 0 Å². The lowest BCUT2D eigenvalue weighted by atomic mass is 9.78. The molecule has 2 aromatic heterocycles. The number of aromatic nitrogens is 1. The lowest BCUT2D eigenvalue weighted by Crippen LogP contribution is -2.26. The van der Waals surface area contributed by atoms with E-state index in [1.807, 2.05) is 48.5 Å². The van der Waals surface area contributed by atoms with Gasteiger partial charge in [-0.3, -0.25) is 9.98 Å². The van der Waals surface area contributed by atoms with Gasteiger partial charge in [-0.1, -0.05) is 98.8 Å². The molecule has 0 saturated carbocycles. The Kier molecular flexibility index (Phi) is 5.73. The second-order valence-corrected chi connectivity index (χ2v) is 11.9. The molecule has 208 valence electrons. The highest BCUT2D eigenvalue weighted by Crippen LogP contribution is 2.44. The number of phenolic OH excluding ortho intramolecular Hbond substituents is 1. The van der Waals surface area contributed by atoms with Crippen LogP contribution in [0.3, 0.4) is 0 Å². The number of benzene rings is 5. The van der Waals surface area contributed by atoms with Gasteiger partial charge in [0.05, 0.1) is 17.1 Å². The summed E-state index contributed by atoms with van der Waals surface area (Å²) in [5.41, 5.74) is 9.03. The summed E-state index contributed by atoms with van der Waals surface area (Å²) in [5.74, 6) is 0.301. The number of hydrogen-bond acceptors (Lipinski definition) is 4. The summed E-state index contributed by atoms with van der Waals surface area (Å²) in [4.78, 5) is 10.2. The van der Waals surface area contributed by atoms with Crippen molar-refractivity contribution in [3.05, 3.63) is 138 Å². The highest BCUT2D eigenvalue weighted by Gasteiger charge is 2.36. The number of nitrogens with zero attached hydrogens (tertiary/aromatic N) is 2. The van der Waals surface area contributed by atoms with E-state index in [2.05, 4.69) is 80.6 Å². The van der Waals surface area contributed by atoms with Crippen molar-refractivity contribution in [2.45, 2.75) is 32.1 Å². The van der Waals surface area contributed by atoms with Gasteiger partial charge in [0.2, 0.25) is 0 Å². The Bertz CT molecular complexity index is 2240. The average molecular weight is 559 g/mol. The van der Waals surface area contributed by atoms with Gasteiger partial charge in [0.15, 0.2) is 0 Å². The van der Waals surface area contributed by atoms with Crippen LogP contribution < -0.4 is 0 Å². The fourth-order valence-corrected chi connectivity index (χ4v) is 6.67. The number of aromatic hydroxyl groups is 1. The molecule has 0 amide bonds. The normalized spacial score (nSPS) is 14.0. The van der Waals surface area contributed by atoms with Crippen LogP contribution in [0.2, 0.25) is 0 Å². The molecule has 1 N–H and O–H groups in total. The lowest BCUT2D eigenvalue weighted by Gasteiger charge is -2.23. The molecule has 1 aliphatic rings. The van der Waals surface area contributed by atoms with Crippen molar-refractivity contribution in [3.63, 3.8) is 0 Å². The first-order valence-corrected chi connectivity index (χ1v) is 14.8. The molecule has 4 nitrogen and oxygen atoms in total. The molecule has 0 spiro atoms. The first-order chi connectivity index (χ1) is 21.0. The molecular formula is C39H30N2O2. The van der Waals surface area contributed by atoms with E-state index in [1.54, 1.807) is 0 Å². The zero-order valence-electron chi connectivity index (χ0n) is 24.1. The maximum absolute atomic E-state index is 11.6. The number of phenols is 1. The lowest BCUT2D eigenvalue weighted by molar-refractivity contribution is 0.466. The molecular weight excluding hydrogens is 528 g/mol. The molecule has 5 aromatic carbocycles. The second-order valence-electron chi connectivity index (χ2n) is 11.9. The molecule has 0 saturated heterocycles. The van der Waals surface area contributed by atoms with Gasteiger partial charge in [0, 0.05) is 38.4 Å². The van der Waals surface area contributed by atoms with E-state index in [4.69, 9.17) is 14.4 Å². The number of fused-ring (bicyclic) bond motifs is 5. The van der Waals surface area contributed by atoms with Gasteiger partial charge < -0.3 is 9.52 Å². The molecule has 43 heavy (non-hydrogen) atoms. The number of aliphatic imine (C=N–C) groups is 1. The molecule has 0 fully saturated rings. The van der Waals surface area contributed by atoms with Crippen LogP contribution in [0.4, 0.5) is 5.69 Å². The molecule has 4 heteroatoms. The highest BCUT2D eigenvalue weighted by atomic mass is 16.3. The van der Waals surface area contributed by atoms with Crippen LogP contribution in [0.15, 0.2) is 125 Å². The van der Waals surface area contributed by atoms with E-state index < -0.39 is 0 Å². The van der Waals surface area contributed by atoms with Crippen molar-refractivity contribution in [2.75, 3.05) is 0 Å². The van der Waals surface area contributed by atoms with E-state index in [0.29, 0.717) is 18.6 Å². The van der Waals surface area contributed by atoms with Crippen LogP contribution >= 0.6 is 0 Å². The summed E-state index contributed by atoms with van der Waals surface area (Å²) in [5, 5.41) is 16.0. The van der Waals surface area contributed by atoms with Crippen molar-refractivity contribution >= 4 is 44.1 Å². The fourth-order valence-electron chi connectivity index (χ4n) is 6.67. The Morgan fingerprint density at radius 2 is 1.42 bits per heavy atom. The molecule has 1 aliphatic heterocycles. The third kappa shape index (κ3) is 4.05. The number of furan rings is 1. The quantitative estimate of drug-likeness (QED) is 0.229. The van der Waals surface area contributed by atoms with Gasteiger partial charge in [-0.15, -0.1) is 0 Å². The Hall–Kier alpha value is -5.22. The molecule has 0 aliphatic carbocycles. The third-order valence-electron chi connectivity index (χ3n) is 8.91. The Balaban J connectivity index is 1.18. The molecule has 0 atom stereocenters. The molecule has 3 heterocycles. The fraction of sp³-hybridized carbons (Fsp3) is 0.128. The van der Waals surface area contributed by atoms with Crippen molar-refractivity contribution in [3.8, 4) is 17.0 Å². The maximum Gasteiger partial charge on any atom is 0.144 e. The Morgan fingerprint density at radius 3 is 2.30 bits per heavy atom. The van der Waals surface area contributed by atoms with Crippen LogP contribution in [0.5, 0.6) is 5.75 Å². The largest absolute Gasteiger partial charge is 0.507 e. The van der Waals surface area contributed by atoms with E-state index in [9.17, 15) is 5.11 Å². The van der Waals surface area contributed by atoms with Gasteiger partial charge >= 0.3 is 0 Å². The third-order valence-corrected chi connectivity index (χ3v) is 8.91. The maximum atomic E-state index is 11.6. The standard InChI is InChI=1S/C39H30N2O2/c1-39(2)31-18-6-7-19-33(31)41-38(39)30-17-9-12-24(36(30)42)21-22-32-26-13-4-3-11-25(26)23-34(40-32)29-16-10-15-28-27-14-5-8-20-35(27)43-37(28)29/h3-20,23,42H,21-22H2,1-2H3. The van der Waals surface area contributed by atoms with Gasteiger partial charge in [-0.05, 0) is 59.7 Å². The zero-order chi connectivity index (χ0) is 29.1. The molecule has 8 rings (SSSR count). The minimum atomic E-state index is -0.295. The first-order valence-electron chi connectivity index (χ1n) is 14.8. The zero-order valence-corrected chi connectivity index (χ0v) is 24.1.